The van der Waals surface area contributed by atoms with E-state index in [2.05, 4.69) is 11.1 Å². The van der Waals surface area contributed by atoms with Gasteiger partial charge in [-0.2, -0.15) is 9.57 Å². The molecule has 2 heterocycles. The van der Waals surface area contributed by atoms with Crippen LogP contribution in [-0.4, -0.2) is 60.4 Å². The lowest BCUT2D eigenvalue weighted by atomic mass is 10.0. The topological polar surface area (TPSA) is 94.4 Å². The smallest absolute Gasteiger partial charge is 0.243 e. The summed E-state index contributed by atoms with van der Waals surface area (Å²) in [5.74, 6) is 0.0893. The van der Waals surface area contributed by atoms with Gasteiger partial charge >= 0.3 is 0 Å². The number of hydrogen-bond acceptors (Lipinski definition) is 6. The third kappa shape index (κ3) is 4.50. The molecule has 1 fully saturated rings. The number of rotatable bonds is 5. The first-order valence-electron chi connectivity index (χ1n) is 10.4. The SMILES string of the molecule is Cc1c(C#N)c(SCC(=O)N2CCN(S(=O)(=O)c3ccc(Cl)cc3)CC2)nc2c1CCC2. The highest BCUT2D eigenvalue weighted by molar-refractivity contribution is 8.00. The molecule has 2 aliphatic rings. The number of nitrogens with zero attached hydrogens (tertiary/aromatic N) is 4. The molecule has 168 valence electrons. The summed E-state index contributed by atoms with van der Waals surface area (Å²) in [6.45, 7) is 3.08. The summed E-state index contributed by atoms with van der Waals surface area (Å²) in [6, 6.07) is 8.33. The van der Waals surface area contributed by atoms with Crippen LogP contribution < -0.4 is 0 Å². The molecule has 0 spiro atoms. The quantitative estimate of drug-likeness (QED) is 0.598. The van der Waals surface area contributed by atoms with E-state index in [0.717, 1.165) is 30.5 Å². The average molecular weight is 491 g/mol. The predicted molar refractivity (Wildman–Crippen MR) is 123 cm³/mol. The van der Waals surface area contributed by atoms with Gasteiger partial charge in [0.25, 0.3) is 0 Å². The molecule has 1 aromatic carbocycles. The summed E-state index contributed by atoms with van der Waals surface area (Å²) in [5.41, 5.74) is 3.75. The number of amides is 1. The number of thioether (sulfide) groups is 1. The Balaban J connectivity index is 1.37. The van der Waals surface area contributed by atoms with Gasteiger partial charge in [0.15, 0.2) is 0 Å². The van der Waals surface area contributed by atoms with Crippen molar-refractivity contribution in [3.63, 3.8) is 0 Å². The Labute approximate surface area is 197 Å². The molecule has 1 saturated heterocycles. The fourth-order valence-corrected chi connectivity index (χ4v) is 6.64. The van der Waals surface area contributed by atoms with Crippen LogP contribution in [0.5, 0.6) is 0 Å². The van der Waals surface area contributed by atoms with Crippen LogP contribution >= 0.6 is 23.4 Å². The van der Waals surface area contributed by atoms with E-state index >= 15 is 0 Å². The Kier molecular flexibility index (Phi) is 6.77. The predicted octanol–water partition coefficient (Wildman–Crippen LogP) is 3.03. The summed E-state index contributed by atoms with van der Waals surface area (Å²) in [5, 5.41) is 10.7. The third-order valence-corrected chi connectivity index (χ3v) is 9.08. The van der Waals surface area contributed by atoms with Crippen LogP contribution in [0.3, 0.4) is 0 Å². The second-order valence-electron chi connectivity index (χ2n) is 7.84. The van der Waals surface area contributed by atoms with Gasteiger partial charge in [-0.05, 0) is 61.6 Å². The van der Waals surface area contributed by atoms with E-state index in [0.29, 0.717) is 28.7 Å². The molecule has 0 saturated carbocycles. The average Bonchev–Trinajstić information content (AvgIpc) is 3.27. The van der Waals surface area contributed by atoms with Crippen LogP contribution in [0.25, 0.3) is 0 Å². The highest BCUT2D eigenvalue weighted by atomic mass is 35.5. The van der Waals surface area contributed by atoms with Gasteiger partial charge in [0, 0.05) is 36.9 Å². The maximum Gasteiger partial charge on any atom is 0.243 e. The molecule has 2 aromatic rings. The lowest BCUT2D eigenvalue weighted by Gasteiger charge is -2.34. The van der Waals surface area contributed by atoms with E-state index < -0.39 is 10.0 Å². The van der Waals surface area contributed by atoms with Crippen LogP contribution in [-0.2, 0) is 27.7 Å². The largest absolute Gasteiger partial charge is 0.339 e. The number of aryl methyl sites for hydroxylation is 1. The molecular formula is C22H23ClN4O3S2. The van der Waals surface area contributed by atoms with Gasteiger partial charge < -0.3 is 4.90 Å². The van der Waals surface area contributed by atoms with Crippen molar-refractivity contribution in [3.05, 3.63) is 51.7 Å². The van der Waals surface area contributed by atoms with Gasteiger partial charge in [-0.25, -0.2) is 13.4 Å². The lowest BCUT2D eigenvalue weighted by Crippen LogP contribution is -2.50. The van der Waals surface area contributed by atoms with Crippen molar-refractivity contribution >= 4 is 39.3 Å². The Bertz CT molecular complexity index is 1190. The first-order valence-corrected chi connectivity index (χ1v) is 13.2. The van der Waals surface area contributed by atoms with E-state index in [1.165, 1.54) is 33.8 Å². The minimum Gasteiger partial charge on any atom is -0.339 e. The molecule has 1 aliphatic carbocycles. The van der Waals surface area contributed by atoms with Crippen LogP contribution in [0.4, 0.5) is 0 Å². The second-order valence-corrected chi connectivity index (χ2v) is 11.2. The van der Waals surface area contributed by atoms with Gasteiger partial charge in [0.2, 0.25) is 15.9 Å². The van der Waals surface area contributed by atoms with Crippen LogP contribution in [0, 0.1) is 18.3 Å². The first kappa shape index (κ1) is 23.1. The lowest BCUT2D eigenvalue weighted by molar-refractivity contribution is -0.129. The molecule has 4 rings (SSSR count). The first-order chi connectivity index (χ1) is 15.3. The minimum absolute atomic E-state index is 0.0811. The molecule has 7 nitrogen and oxygen atoms in total. The third-order valence-electron chi connectivity index (χ3n) is 5.95. The van der Waals surface area contributed by atoms with Gasteiger partial charge in [-0.3, -0.25) is 4.79 Å². The van der Waals surface area contributed by atoms with Crippen molar-refractivity contribution < 1.29 is 13.2 Å². The molecular weight excluding hydrogens is 468 g/mol. The number of fused-ring (bicyclic) bond motifs is 1. The van der Waals surface area contributed by atoms with E-state index in [1.807, 2.05) is 6.92 Å². The molecule has 0 unspecified atom stereocenters. The van der Waals surface area contributed by atoms with E-state index in [4.69, 9.17) is 11.6 Å². The monoisotopic (exact) mass is 490 g/mol. The standard InChI is InChI=1S/C22H23ClN4O3S2/c1-15-18-3-2-4-20(18)25-22(19(15)13-24)31-14-21(28)26-9-11-27(12-10-26)32(29,30)17-7-5-16(23)6-8-17/h5-8H,2-4,9-12,14H2,1H3. The van der Waals surface area contributed by atoms with Crippen LogP contribution in [0.2, 0.25) is 5.02 Å². The number of piperazine rings is 1. The number of carbonyl (C=O) groups excluding carboxylic acids is 1. The number of hydrogen-bond donors (Lipinski definition) is 0. The van der Waals surface area contributed by atoms with Crippen molar-refractivity contribution in [1.82, 2.24) is 14.2 Å². The maximum absolute atomic E-state index is 12.8. The highest BCUT2D eigenvalue weighted by Crippen LogP contribution is 2.32. The summed E-state index contributed by atoms with van der Waals surface area (Å²) >= 11 is 7.14. The van der Waals surface area contributed by atoms with Gasteiger partial charge in [0.1, 0.15) is 11.1 Å². The number of carbonyl (C=O) groups is 1. The molecule has 32 heavy (non-hydrogen) atoms. The van der Waals surface area contributed by atoms with Crippen LogP contribution in [0.1, 0.15) is 28.8 Å². The molecule has 1 amide bonds. The van der Waals surface area contributed by atoms with Crippen molar-refractivity contribution in [3.8, 4) is 6.07 Å². The Hall–Kier alpha value is -2.12. The Morgan fingerprint density at radius 1 is 1.19 bits per heavy atom. The second kappa shape index (κ2) is 9.40. The van der Waals surface area contributed by atoms with Crippen molar-refractivity contribution in [1.29, 1.82) is 5.26 Å². The molecule has 1 aromatic heterocycles. The number of pyridine rings is 1. The summed E-state index contributed by atoms with van der Waals surface area (Å²) in [7, 11) is -3.62. The van der Waals surface area contributed by atoms with Crippen molar-refractivity contribution in [2.45, 2.75) is 36.1 Å². The van der Waals surface area contributed by atoms with Gasteiger partial charge in [-0.1, -0.05) is 23.4 Å². The normalized spacial score (nSPS) is 16.6. The molecule has 0 N–H and O–H groups in total. The van der Waals surface area contributed by atoms with E-state index in [1.54, 1.807) is 17.0 Å². The number of halogens is 1. The highest BCUT2D eigenvalue weighted by Gasteiger charge is 2.30. The van der Waals surface area contributed by atoms with Gasteiger partial charge in [0.05, 0.1) is 16.2 Å². The molecule has 0 bridgehead atoms. The minimum atomic E-state index is -3.62. The zero-order valence-electron chi connectivity index (χ0n) is 17.7. The van der Waals surface area contributed by atoms with Crippen molar-refractivity contribution in [2.24, 2.45) is 0 Å². The number of benzene rings is 1. The number of sulfonamides is 1. The number of nitriles is 1. The number of aromatic nitrogens is 1. The molecule has 0 atom stereocenters. The van der Waals surface area contributed by atoms with Crippen LogP contribution in [0.15, 0.2) is 34.2 Å². The molecule has 10 heteroatoms. The van der Waals surface area contributed by atoms with E-state index in [9.17, 15) is 18.5 Å². The van der Waals surface area contributed by atoms with E-state index in [-0.39, 0.29) is 29.6 Å². The zero-order chi connectivity index (χ0) is 22.9. The summed E-state index contributed by atoms with van der Waals surface area (Å²) in [6.07, 6.45) is 2.91. The zero-order valence-corrected chi connectivity index (χ0v) is 20.1. The maximum atomic E-state index is 12.8. The fourth-order valence-electron chi connectivity index (χ4n) is 4.14. The molecule has 0 radical (unpaired) electrons. The summed E-state index contributed by atoms with van der Waals surface area (Å²) < 4.78 is 27.0. The molecule has 1 aliphatic heterocycles. The van der Waals surface area contributed by atoms with Gasteiger partial charge in [-0.15, -0.1) is 0 Å². The Morgan fingerprint density at radius 3 is 2.53 bits per heavy atom. The summed E-state index contributed by atoms with van der Waals surface area (Å²) in [4.78, 5) is 19.3. The Morgan fingerprint density at radius 2 is 1.88 bits per heavy atom. The fraction of sp³-hybridized carbons (Fsp3) is 0.409. The van der Waals surface area contributed by atoms with Crippen molar-refractivity contribution in [2.75, 3.05) is 31.9 Å².